The fourth-order valence-corrected chi connectivity index (χ4v) is 2.20. The Bertz CT molecular complexity index is 639. The van der Waals surface area contributed by atoms with Crippen LogP contribution in [0.5, 0.6) is 11.5 Å². The predicted molar refractivity (Wildman–Crippen MR) is 79.4 cm³/mol. The first-order valence-electron chi connectivity index (χ1n) is 5.52. The van der Waals surface area contributed by atoms with Crippen molar-refractivity contribution in [2.24, 2.45) is 0 Å². The van der Waals surface area contributed by atoms with Crippen LogP contribution < -0.4 is 9.47 Å². The Labute approximate surface area is 131 Å². The molecule has 0 N–H and O–H groups in total. The molecular weight excluding hydrogens is 323 g/mol. The van der Waals surface area contributed by atoms with E-state index in [1.807, 2.05) is 0 Å². The van der Waals surface area contributed by atoms with E-state index in [1.165, 1.54) is 12.1 Å². The van der Waals surface area contributed by atoms with Gasteiger partial charge in [0, 0.05) is 0 Å². The monoisotopic (exact) mass is 330 g/mol. The van der Waals surface area contributed by atoms with Crippen LogP contribution in [0.4, 0.5) is 0 Å². The van der Waals surface area contributed by atoms with Crippen molar-refractivity contribution in [3.05, 3.63) is 57.0 Å². The number of halogens is 3. The molecule has 2 aromatic rings. The SMILES string of the molecule is COc1ccc(OC(=O)c2c(Cl)ccc(Cl)c2Cl)cc1. The maximum atomic E-state index is 12.1. The number of ether oxygens (including phenoxy) is 2. The number of carbonyl (C=O) groups excluding carboxylic acids is 1. The van der Waals surface area contributed by atoms with Crippen LogP contribution in [-0.2, 0) is 0 Å². The van der Waals surface area contributed by atoms with Gasteiger partial charge in [0.1, 0.15) is 11.5 Å². The van der Waals surface area contributed by atoms with Crippen LogP contribution in [0.2, 0.25) is 15.1 Å². The zero-order valence-electron chi connectivity index (χ0n) is 10.3. The van der Waals surface area contributed by atoms with E-state index in [2.05, 4.69) is 0 Å². The van der Waals surface area contributed by atoms with E-state index in [1.54, 1.807) is 31.4 Å². The summed E-state index contributed by atoms with van der Waals surface area (Å²) in [5, 5.41) is 0.480. The van der Waals surface area contributed by atoms with Gasteiger partial charge in [0.25, 0.3) is 0 Å². The molecule has 104 valence electrons. The third-order valence-corrected chi connectivity index (χ3v) is 3.64. The van der Waals surface area contributed by atoms with Crippen molar-refractivity contribution in [3.8, 4) is 11.5 Å². The molecule has 2 aromatic carbocycles. The molecular formula is C14H9Cl3O3. The molecule has 0 unspecified atom stereocenters. The predicted octanol–water partition coefficient (Wildman–Crippen LogP) is 4.87. The van der Waals surface area contributed by atoms with Crippen LogP contribution in [0.3, 0.4) is 0 Å². The third kappa shape index (κ3) is 3.18. The molecule has 0 heterocycles. The lowest BCUT2D eigenvalue weighted by atomic mass is 10.2. The fourth-order valence-electron chi connectivity index (χ4n) is 1.52. The Morgan fingerprint density at radius 2 is 1.45 bits per heavy atom. The first-order valence-corrected chi connectivity index (χ1v) is 6.66. The maximum Gasteiger partial charge on any atom is 0.346 e. The zero-order chi connectivity index (χ0) is 14.7. The van der Waals surface area contributed by atoms with Gasteiger partial charge < -0.3 is 9.47 Å². The number of esters is 1. The molecule has 0 fully saturated rings. The van der Waals surface area contributed by atoms with Crippen LogP contribution in [0.15, 0.2) is 36.4 Å². The summed E-state index contributed by atoms with van der Waals surface area (Å²) < 4.78 is 10.2. The minimum Gasteiger partial charge on any atom is -0.497 e. The average Bonchev–Trinajstić information content (AvgIpc) is 2.44. The molecule has 0 aliphatic carbocycles. The molecule has 6 heteroatoms. The molecule has 0 amide bonds. The highest BCUT2D eigenvalue weighted by atomic mass is 35.5. The van der Waals surface area contributed by atoms with E-state index >= 15 is 0 Å². The summed E-state index contributed by atoms with van der Waals surface area (Å²) in [5.74, 6) is 0.333. The summed E-state index contributed by atoms with van der Waals surface area (Å²) in [6.07, 6.45) is 0. The minimum absolute atomic E-state index is 0.0386. The quantitative estimate of drug-likeness (QED) is 0.457. The van der Waals surface area contributed by atoms with Gasteiger partial charge in [-0.3, -0.25) is 0 Å². The van der Waals surface area contributed by atoms with Gasteiger partial charge in [-0.15, -0.1) is 0 Å². The maximum absolute atomic E-state index is 12.1. The summed E-state index contributed by atoms with van der Waals surface area (Å²) in [4.78, 5) is 12.1. The van der Waals surface area contributed by atoms with E-state index in [4.69, 9.17) is 44.3 Å². The standard InChI is InChI=1S/C14H9Cl3O3/c1-19-8-2-4-9(5-3-8)20-14(18)12-10(15)6-7-11(16)13(12)17/h2-7H,1H3. The Hall–Kier alpha value is -1.42. The molecule has 0 saturated heterocycles. The first-order chi connectivity index (χ1) is 9.52. The molecule has 0 aliphatic rings. The van der Waals surface area contributed by atoms with Crippen molar-refractivity contribution in [1.29, 1.82) is 0 Å². The fraction of sp³-hybridized carbons (Fsp3) is 0.0714. The summed E-state index contributed by atoms with van der Waals surface area (Å²) in [6, 6.07) is 9.54. The van der Waals surface area contributed by atoms with Gasteiger partial charge in [-0.25, -0.2) is 4.79 Å². The van der Waals surface area contributed by atoms with Crippen molar-refractivity contribution in [1.82, 2.24) is 0 Å². The Balaban J connectivity index is 2.26. The molecule has 0 saturated carbocycles. The van der Waals surface area contributed by atoms with Crippen LogP contribution in [0.1, 0.15) is 10.4 Å². The van der Waals surface area contributed by atoms with Crippen LogP contribution in [-0.4, -0.2) is 13.1 Å². The normalized spacial score (nSPS) is 10.2. The number of methoxy groups -OCH3 is 1. The highest BCUT2D eigenvalue weighted by Gasteiger charge is 2.19. The molecule has 0 aliphatic heterocycles. The average molecular weight is 332 g/mol. The lowest BCUT2D eigenvalue weighted by Gasteiger charge is -2.09. The Morgan fingerprint density at radius 1 is 0.900 bits per heavy atom. The number of carbonyl (C=O) groups is 1. The van der Waals surface area contributed by atoms with Gasteiger partial charge in [-0.1, -0.05) is 34.8 Å². The largest absolute Gasteiger partial charge is 0.497 e. The molecule has 2 rings (SSSR count). The van der Waals surface area contributed by atoms with Crippen molar-refractivity contribution in [2.45, 2.75) is 0 Å². The first kappa shape index (κ1) is 15.0. The van der Waals surface area contributed by atoms with E-state index in [-0.39, 0.29) is 20.6 Å². The Kier molecular flexibility index (Phi) is 4.76. The summed E-state index contributed by atoms with van der Waals surface area (Å²) in [5.41, 5.74) is 0.0386. The van der Waals surface area contributed by atoms with Crippen LogP contribution in [0, 0.1) is 0 Å². The second kappa shape index (κ2) is 6.35. The van der Waals surface area contributed by atoms with Crippen LogP contribution in [0.25, 0.3) is 0 Å². The highest BCUT2D eigenvalue weighted by Crippen LogP contribution is 2.32. The van der Waals surface area contributed by atoms with E-state index in [0.717, 1.165) is 0 Å². The van der Waals surface area contributed by atoms with E-state index < -0.39 is 5.97 Å². The molecule has 0 spiro atoms. The van der Waals surface area contributed by atoms with Gasteiger partial charge in [-0.2, -0.15) is 0 Å². The Morgan fingerprint density at radius 3 is 2.05 bits per heavy atom. The van der Waals surface area contributed by atoms with Gasteiger partial charge in [0.2, 0.25) is 0 Å². The van der Waals surface area contributed by atoms with Gasteiger partial charge >= 0.3 is 5.97 Å². The minimum atomic E-state index is -0.673. The number of hydrogen-bond acceptors (Lipinski definition) is 3. The number of rotatable bonds is 3. The van der Waals surface area contributed by atoms with Crippen molar-refractivity contribution >= 4 is 40.8 Å². The molecule has 3 nitrogen and oxygen atoms in total. The summed E-state index contributed by atoms with van der Waals surface area (Å²) >= 11 is 17.8. The van der Waals surface area contributed by atoms with Gasteiger partial charge in [0.15, 0.2) is 0 Å². The summed E-state index contributed by atoms with van der Waals surface area (Å²) in [7, 11) is 1.55. The van der Waals surface area contributed by atoms with Crippen molar-refractivity contribution < 1.29 is 14.3 Å². The number of benzene rings is 2. The third-order valence-electron chi connectivity index (χ3n) is 2.52. The molecule has 0 atom stereocenters. The second-order valence-electron chi connectivity index (χ2n) is 3.78. The lowest BCUT2D eigenvalue weighted by molar-refractivity contribution is 0.0735. The molecule has 0 bridgehead atoms. The second-order valence-corrected chi connectivity index (χ2v) is 4.98. The zero-order valence-corrected chi connectivity index (χ0v) is 12.6. The highest BCUT2D eigenvalue weighted by molar-refractivity contribution is 6.46. The molecule has 0 radical (unpaired) electrons. The topological polar surface area (TPSA) is 35.5 Å². The van der Waals surface area contributed by atoms with E-state index in [9.17, 15) is 4.79 Å². The van der Waals surface area contributed by atoms with E-state index in [0.29, 0.717) is 11.5 Å². The van der Waals surface area contributed by atoms with Crippen LogP contribution >= 0.6 is 34.8 Å². The smallest absolute Gasteiger partial charge is 0.346 e. The summed E-state index contributed by atoms with van der Waals surface area (Å²) in [6.45, 7) is 0. The van der Waals surface area contributed by atoms with Crippen molar-refractivity contribution in [3.63, 3.8) is 0 Å². The van der Waals surface area contributed by atoms with Gasteiger partial charge in [-0.05, 0) is 36.4 Å². The lowest BCUT2D eigenvalue weighted by Crippen LogP contribution is -2.10. The molecule has 0 aromatic heterocycles. The van der Waals surface area contributed by atoms with Crippen molar-refractivity contribution in [2.75, 3.05) is 7.11 Å². The van der Waals surface area contributed by atoms with Gasteiger partial charge in [0.05, 0.1) is 27.7 Å². The molecule has 20 heavy (non-hydrogen) atoms. The number of hydrogen-bond donors (Lipinski definition) is 0.